The average Bonchev–Trinajstić information content (AvgIpc) is 3.46. The van der Waals surface area contributed by atoms with Gasteiger partial charge in [-0.05, 0) is 35.4 Å². The van der Waals surface area contributed by atoms with Crippen molar-refractivity contribution >= 4 is 54.2 Å². The number of hydrogen-bond acceptors (Lipinski definition) is 4. The largest absolute Gasteiger partial charge is 0.387 e. The number of fused-ring (bicyclic) bond motifs is 3. The van der Waals surface area contributed by atoms with Gasteiger partial charge in [-0.3, -0.25) is 0 Å². The molecule has 0 amide bonds. The minimum absolute atomic E-state index is 0.290. The molecule has 0 radical (unpaired) electrons. The quantitative estimate of drug-likeness (QED) is 0.311. The minimum atomic E-state index is -0.345. The van der Waals surface area contributed by atoms with Crippen LogP contribution < -0.4 is 0 Å². The molecular formula is C24H18OS3. The van der Waals surface area contributed by atoms with Crippen molar-refractivity contribution in [3.63, 3.8) is 0 Å². The maximum Gasteiger partial charge on any atom is 0.0913 e. The topological polar surface area (TPSA) is 20.2 Å². The number of rotatable bonds is 2. The van der Waals surface area contributed by atoms with Crippen LogP contribution in [0.4, 0.5) is 0 Å². The van der Waals surface area contributed by atoms with E-state index in [-0.39, 0.29) is 12.0 Å². The van der Waals surface area contributed by atoms with Gasteiger partial charge in [-0.15, -0.1) is 34.0 Å². The van der Waals surface area contributed by atoms with Crippen molar-refractivity contribution in [1.82, 2.24) is 0 Å². The zero-order chi connectivity index (χ0) is 18.8. The van der Waals surface area contributed by atoms with E-state index in [4.69, 9.17) is 0 Å². The third-order valence-corrected chi connectivity index (χ3v) is 9.11. The monoisotopic (exact) mass is 418 g/mol. The predicted molar refractivity (Wildman–Crippen MR) is 124 cm³/mol. The standard InChI is InChI=1S/C24H18OS3/c1-13-10-16-21(17-11-26-19-8-4-2-6-14(17)19)23(28-24(16)22(13)25)18-12-27-20-9-5-3-7-15(18)20/h2-9,11-13,22,25H,10H2,1H3. The van der Waals surface area contributed by atoms with Gasteiger partial charge in [0, 0.05) is 52.0 Å². The van der Waals surface area contributed by atoms with Gasteiger partial charge in [0.2, 0.25) is 0 Å². The first-order valence-electron chi connectivity index (χ1n) is 9.49. The van der Waals surface area contributed by atoms with Crippen LogP contribution >= 0.6 is 34.0 Å². The molecule has 3 aromatic heterocycles. The Morgan fingerprint density at radius 2 is 1.46 bits per heavy atom. The average molecular weight is 419 g/mol. The number of hydrogen-bond donors (Lipinski definition) is 1. The summed E-state index contributed by atoms with van der Waals surface area (Å²) in [7, 11) is 0. The van der Waals surface area contributed by atoms with Crippen molar-refractivity contribution in [3.8, 4) is 21.6 Å². The van der Waals surface area contributed by atoms with Gasteiger partial charge in [0.25, 0.3) is 0 Å². The Bertz CT molecular complexity index is 1340. The molecule has 0 saturated heterocycles. The van der Waals surface area contributed by atoms with Gasteiger partial charge in [0.1, 0.15) is 0 Å². The van der Waals surface area contributed by atoms with Crippen LogP contribution in [0.15, 0.2) is 59.3 Å². The van der Waals surface area contributed by atoms with E-state index in [0.717, 1.165) is 6.42 Å². The smallest absolute Gasteiger partial charge is 0.0913 e. The number of aliphatic hydroxyl groups excluding tert-OH is 1. The van der Waals surface area contributed by atoms with E-state index in [1.54, 1.807) is 11.3 Å². The molecule has 138 valence electrons. The van der Waals surface area contributed by atoms with Crippen molar-refractivity contribution in [3.05, 3.63) is 69.7 Å². The van der Waals surface area contributed by atoms with Crippen LogP contribution in [0.2, 0.25) is 0 Å². The summed E-state index contributed by atoms with van der Waals surface area (Å²) in [6.45, 7) is 2.16. The molecule has 0 aliphatic heterocycles. The second-order valence-electron chi connectivity index (χ2n) is 7.57. The van der Waals surface area contributed by atoms with Gasteiger partial charge in [-0.25, -0.2) is 0 Å². The van der Waals surface area contributed by atoms with Crippen LogP contribution in [-0.2, 0) is 6.42 Å². The molecule has 4 heteroatoms. The van der Waals surface area contributed by atoms with E-state index in [2.05, 4.69) is 66.2 Å². The highest BCUT2D eigenvalue weighted by atomic mass is 32.1. The fraction of sp³-hybridized carbons (Fsp3) is 0.167. The maximum absolute atomic E-state index is 10.8. The molecular weight excluding hydrogens is 400 g/mol. The second-order valence-corrected chi connectivity index (χ2v) is 10.4. The molecule has 3 heterocycles. The summed E-state index contributed by atoms with van der Waals surface area (Å²) >= 11 is 5.42. The highest BCUT2D eigenvalue weighted by Crippen LogP contribution is 2.54. The first-order chi connectivity index (χ1) is 13.7. The Labute approximate surface area is 175 Å². The molecule has 0 spiro atoms. The first kappa shape index (κ1) is 16.9. The summed E-state index contributed by atoms with van der Waals surface area (Å²) in [5.74, 6) is 0.290. The third kappa shape index (κ3) is 2.32. The van der Waals surface area contributed by atoms with E-state index in [9.17, 15) is 5.11 Å². The highest BCUT2D eigenvalue weighted by Gasteiger charge is 2.35. The number of thiophene rings is 3. The van der Waals surface area contributed by atoms with Gasteiger partial charge in [0.05, 0.1) is 6.10 Å². The molecule has 0 bridgehead atoms. The van der Waals surface area contributed by atoms with Crippen LogP contribution in [0, 0.1) is 5.92 Å². The Hall–Kier alpha value is -1.98. The summed E-state index contributed by atoms with van der Waals surface area (Å²) in [5, 5.41) is 18.1. The van der Waals surface area contributed by atoms with E-state index in [0.29, 0.717) is 0 Å². The van der Waals surface area contributed by atoms with Crippen LogP contribution in [0.5, 0.6) is 0 Å². The van der Waals surface area contributed by atoms with Crippen molar-refractivity contribution in [2.75, 3.05) is 0 Å². The Morgan fingerprint density at radius 1 is 0.857 bits per heavy atom. The molecule has 0 fully saturated rings. The first-order valence-corrected chi connectivity index (χ1v) is 12.1. The minimum Gasteiger partial charge on any atom is -0.387 e. The van der Waals surface area contributed by atoms with E-state index < -0.39 is 0 Å². The zero-order valence-electron chi connectivity index (χ0n) is 15.3. The lowest BCUT2D eigenvalue weighted by molar-refractivity contribution is 0.135. The van der Waals surface area contributed by atoms with Crippen LogP contribution in [0.1, 0.15) is 23.5 Å². The Balaban J connectivity index is 1.69. The zero-order valence-corrected chi connectivity index (χ0v) is 17.8. The molecule has 1 aliphatic carbocycles. The van der Waals surface area contributed by atoms with Gasteiger partial charge < -0.3 is 5.11 Å². The molecule has 2 atom stereocenters. The summed E-state index contributed by atoms with van der Waals surface area (Å²) in [6, 6.07) is 17.3. The van der Waals surface area contributed by atoms with Gasteiger partial charge >= 0.3 is 0 Å². The predicted octanol–water partition coefficient (Wildman–Crippen LogP) is 7.74. The number of aliphatic hydroxyl groups is 1. The van der Waals surface area contributed by atoms with Gasteiger partial charge in [-0.1, -0.05) is 43.3 Å². The molecule has 1 N–H and O–H groups in total. The summed E-state index contributed by atoms with van der Waals surface area (Å²) in [6.07, 6.45) is 0.608. The molecule has 1 aliphatic rings. The van der Waals surface area contributed by atoms with Gasteiger partial charge in [0.15, 0.2) is 0 Å². The summed E-state index contributed by atoms with van der Waals surface area (Å²) in [5.41, 5.74) is 5.35. The van der Waals surface area contributed by atoms with E-state index in [1.807, 2.05) is 22.7 Å². The van der Waals surface area contributed by atoms with Crippen LogP contribution in [0.3, 0.4) is 0 Å². The third-order valence-electron chi connectivity index (χ3n) is 5.85. The molecule has 2 aromatic carbocycles. The fourth-order valence-corrected chi connectivity index (χ4v) is 7.89. The molecule has 28 heavy (non-hydrogen) atoms. The Morgan fingerprint density at radius 3 is 2.18 bits per heavy atom. The summed E-state index contributed by atoms with van der Waals surface area (Å²) < 4.78 is 2.64. The molecule has 0 saturated carbocycles. The van der Waals surface area contributed by atoms with Crippen LogP contribution in [-0.4, -0.2) is 5.11 Å². The number of benzene rings is 2. The van der Waals surface area contributed by atoms with Crippen molar-refractivity contribution in [2.45, 2.75) is 19.4 Å². The lowest BCUT2D eigenvalue weighted by Crippen LogP contribution is -2.01. The van der Waals surface area contributed by atoms with Crippen molar-refractivity contribution < 1.29 is 5.11 Å². The molecule has 2 unspecified atom stereocenters. The maximum atomic E-state index is 10.8. The summed E-state index contributed by atoms with van der Waals surface area (Å²) in [4.78, 5) is 2.49. The van der Waals surface area contributed by atoms with Crippen LogP contribution in [0.25, 0.3) is 41.7 Å². The molecule has 1 nitrogen and oxygen atoms in total. The highest BCUT2D eigenvalue weighted by molar-refractivity contribution is 7.20. The lowest BCUT2D eigenvalue weighted by atomic mass is 9.96. The second kappa shape index (κ2) is 6.26. The van der Waals surface area contributed by atoms with E-state index in [1.165, 1.54) is 52.2 Å². The molecule has 5 aromatic rings. The van der Waals surface area contributed by atoms with Gasteiger partial charge in [-0.2, -0.15) is 0 Å². The van der Waals surface area contributed by atoms with E-state index >= 15 is 0 Å². The fourth-order valence-electron chi connectivity index (χ4n) is 4.42. The normalized spacial score (nSPS) is 18.9. The Kier molecular flexibility index (Phi) is 3.78. The SMILES string of the molecule is CC1Cc2c(sc(-c3csc4ccccc34)c2-c2csc3ccccc23)C1O. The lowest BCUT2D eigenvalue weighted by Gasteiger charge is -2.10. The van der Waals surface area contributed by atoms with Crippen molar-refractivity contribution in [1.29, 1.82) is 0 Å². The molecule has 6 rings (SSSR count). The van der Waals surface area contributed by atoms with Crippen molar-refractivity contribution in [2.24, 2.45) is 5.92 Å².